The number of H-pyrrole nitrogens is 1. The fourth-order valence-corrected chi connectivity index (χ4v) is 3.63. The van der Waals surface area contributed by atoms with Gasteiger partial charge in [-0.05, 0) is 52.7 Å². The van der Waals surface area contributed by atoms with Gasteiger partial charge in [-0.1, -0.05) is 0 Å². The summed E-state index contributed by atoms with van der Waals surface area (Å²) in [4.78, 5) is 24.5. The number of aryl methyl sites for hydroxylation is 1. The highest BCUT2D eigenvalue weighted by molar-refractivity contribution is 7.15. The van der Waals surface area contributed by atoms with E-state index in [1.807, 2.05) is 27.0 Å². The number of rotatable bonds is 2. The first-order chi connectivity index (χ1) is 10.8. The maximum Gasteiger partial charge on any atom is 0.410 e. The van der Waals surface area contributed by atoms with Crippen molar-refractivity contribution in [1.82, 2.24) is 14.9 Å². The average molecular weight is 333 g/mol. The Morgan fingerprint density at radius 3 is 2.87 bits per heavy atom. The second kappa shape index (κ2) is 6.00. The van der Waals surface area contributed by atoms with Crippen molar-refractivity contribution in [2.45, 2.75) is 52.2 Å². The van der Waals surface area contributed by atoms with Gasteiger partial charge in [0.05, 0.1) is 22.8 Å². The highest BCUT2D eigenvalue weighted by Gasteiger charge is 2.34. The molecule has 1 fully saturated rings. The number of carbonyl (C=O) groups is 1. The lowest BCUT2D eigenvalue weighted by molar-refractivity contribution is 0.0219. The molecule has 0 aromatic carbocycles. The van der Waals surface area contributed by atoms with Gasteiger partial charge in [0.2, 0.25) is 0 Å². The summed E-state index contributed by atoms with van der Waals surface area (Å²) in [7, 11) is 0. The molecule has 3 rings (SSSR count). The number of hydrogen-bond donors (Lipinski definition) is 1. The van der Waals surface area contributed by atoms with Gasteiger partial charge in [0, 0.05) is 11.4 Å². The van der Waals surface area contributed by atoms with Crippen LogP contribution in [0.4, 0.5) is 4.79 Å². The quantitative estimate of drug-likeness (QED) is 0.879. The lowest BCUT2D eigenvalue weighted by Crippen LogP contribution is -2.36. The predicted octanol–water partition coefficient (Wildman–Crippen LogP) is 4.52. The molecule has 1 aliphatic heterocycles. The molecular weight excluding hydrogens is 310 g/mol. The smallest absolute Gasteiger partial charge is 0.410 e. The van der Waals surface area contributed by atoms with E-state index in [2.05, 4.69) is 29.0 Å². The van der Waals surface area contributed by atoms with E-state index in [1.54, 1.807) is 16.2 Å². The maximum absolute atomic E-state index is 12.4. The van der Waals surface area contributed by atoms with Crippen molar-refractivity contribution < 1.29 is 9.53 Å². The van der Waals surface area contributed by atoms with Gasteiger partial charge in [-0.25, -0.2) is 9.78 Å². The van der Waals surface area contributed by atoms with Gasteiger partial charge in [-0.15, -0.1) is 11.3 Å². The molecule has 1 aliphatic rings. The molecule has 124 valence electrons. The topological polar surface area (TPSA) is 58.2 Å². The molecule has 1 amide bonds. The first-order valence-corrected chi connectivity index (χ1v) is 8.76. The van der Waals surface area contributed by atoms with Crippen LogP contribution in [0.3, 0.4) is 0 Å². The van der Waals surface area contributed by atoms with Crippen LogP contribution in [-0.2, 0) is 4.74 Å². The summed E-state index contributed by atoms with van der Waals surface area (Å²) in [5.41, 5.74) is 0.529. The molecule has 0 bridgehead atoms. The second-order valence-electron chi connectivity index (χ2n) is 6.92. The molecule has 23 heavy (non-hydrogen) atoms. The Kier molecular flexibility index (Phi) is 4.19. The van der Waals surface area contributed by atoms with Gasteiger partial charge in [0.25, 0.3) is 0 Å². The number of likely N-dealkylation sites (tertiary alicyclic amines) is 1. The van der Waals surface area contributed by atoms with Crippen LogP contribution >= 0.6 is 11.3 Å². The van der Waals surface area contributed by atoms with Crippen LogP contribution in [-0.4, -0.2) is 33.1 Å². The van der Waals surface area contributed by atoms with Crippen LogP contribution in [0.1, 0.15) is 50.4 Å². The zero-order chi connectivity index (χ0) is 16.6. The Bertz CT molecular complexity index is 699. The molecule has 1 N–H and O–H groups in total. The van der Waals surface area contributed by atoms with Crippen LogP contribution < -0.4 is 0 Å². The molecular formula is C17H23N3O2S. The van der Waals surface area contributed by atoms with Crippen molar-refractivity contribution in [3.63, 3.8) is 0 Å². The van der Waals surface area contributed by atoms with Crippen molar-refractivity contribution in [2.75, 3.05) is 6.54 Å². The van der Waals surface area contributed by atoms with Gasteiger partial charge in [0.15, 0.2) is 0 Å². The number of aromatic nitrogens is 2. The SMILES string of the molecule is Cc1ccc(-c2cnc(C3CCCN3C(=O)OC(C)(C)C)[nH]2)s1. The predicted molar refractivity (Wildman–Crippen MR) is 91.6 cm³/mol. The van der Waals surface area contributed by atoms with Crippen LogP contribution in [0.25, 0.3) is 10.6 Å². The minimum atomic E-state index is -0.479. The summed E-state index contributed by atoms with van der Waals surface area (Å²) in [5.74, 6) is 0.842. The van der Waals surface area contributed by atoms with E-state index in [0.717, 1.165) is 24.4 Å². The monoisotopic (exact) mass is 333 g/mol. The van der Waals surface area contributed by atoms with Crippen molar-refractivity contribution in [3.05, 3.63) is 29.0 Å². The molecule has 2 aromatic heterocycles. The lowest BCUT2D eigenvalue weighted by Gasteiger charge is -2.27. The molecule has 6 heteroatoms. The molecule has 0 radical (unpaired) electrons. The molecule has 0 saturated carbocycles. The fraction of sp³-hybridized carbons (Fsp3) is 0.529. The molecule has 1 unspecified atom stereocenters. The first kappa shape index (κ1) is 16.1. The average Bonchev–Trinajstić information content (AvgIpc) is 3.15. The van der Waals surface area contributed by atoms with E-state index in [1.165, 1.54) is 9.75 Å². The standard InChI is InChI=1S/C17H23N3O2S/c1-11-7-8-14(23-11)12-10-18-15(19-12)13-6-5-9-20(13)16(21)22-17(2,3)4/h7-8,10,13H,5-6,9H2,1-4H3,(H,18,19). The van der Waals surface area contributed by atoms with Crippen LogP contribution in [0.2, 0.25) is 0 Å². The highest BCUT2D eigenvalue weighted by atomic mass is 32.1. The molecule has 2 aromatic rings. The van der Waals surface area contributed by atoms with Gasteiger partial charge in [-0.2, -0.15) is 0 Å². The number of thiophene rings is 1. The van der Waals surface area contributed by atoms with Crippen molar-refractivity contribution in [3.8, 4) is 10.6 Å². The number of ether oxygens (including phenoxy) is 1. The summed E-state index contributed by atoms with van der Waals surface area (Å²) in [6.45, 7) is 8.47. The summed E-state index contributed by atoms with van der Waals surface area (Å²) < 4.78 is 5.52. The molecule has 5 nitrogen and oxygen atoms in total. The Morgan fingerprint density at radius 2 is 2.22 bits per heavy atom. The highest BCUT2D eigenvalue weighted by Crippen LogP contribution is 2.33. The number of nitrogens with zero attached hydrogens (tertiary/aromatic N) is 2. The van der Waals surface area contributed by atoms with Gasteiger partial charge >= 0.3 is 6.09 Å². The Balaban J connectivity index is 1.78. The molecule has 1 atom stereocenters. The zero-order valence-corrected chi connectivity index (χ0v) is 14.9. The van der Waals surface area contributed by atoms with E-state index in [0.29, 0.717) is 6.54 Å². The summed E-state index contributed by atoms with van der Waals surface area (Å²) >= 11 is 1.74. The number of aromatic amines is 1. The van der Waals surface area contributed by atoms with Gasteiger partial charge in [-0.3, -0.25) is 4.90 Å². The minimum absolute atomic E-state index is 0.0281. The van der Waals surface area contributed by atoms with Gasteiger partial charge < -0.3 is 9.72 Å². The molecule has 0 aliphatic carbocycles. The Labute approximate surface area is 140 Å². The van der Waals surface area contributed by atoms with E-state index >= 15 is 0 Å². The number of nitrogens with one attached hydrogen (secondary N) is 1. The maximum atomic E-state index is 12.4. The van der Waals surface area contributed by atoms with Crippen LogP contribution in [0.15, 0.2) is 18.3 Å². The van der Waals surface area contributed by atoms with Gasteiger partial charge in [0.1, 0.15) is 11.4 Å². The largest absolute Gasteiger partial charge is 0.444 e. The molecule has 3 heterocycles. The lowest BCUT2D eigenvalue weighted by atomic mass is 10.2. The number of imidazole rings is 1. The van der Waals surface area contributed by atoms with Crippen molar-refractivity contribution in [2.24, 2.45) is 0 Å². The summed E-state index contributed by atoms with van der Waals surface area (Å²) in [6, 6.07) is 4.17. The molecule has 1 saturated heterocycles. The third-order valence-electron chi connectivity index (χ3n) is 3.80. The normalized spacial score (nSPS) is 18.4. The Hall–Kier alpha value is -1.82. The first-order valence-electron chi connectivity index (χ1n) is 7.95. The van der Waals surface area contributed by atoms with Crippen LogP contribution in [0, 0.1) is 6.92 Å². The van der Waals surface area contributed by atoms with Crippen molar-refractivity contribution in [1.29, 1.82) is 0 Å². The van der Waals surface area contributed by atoms with E-state index in [4.69, 9.17) is 4.74 Å². The number of hydrogen-bond acceptors (Lipinski definition) is 4. The summed E-state index contributed by atoms with van der Waals surface area (Å²) in [5, 5.41) is 0. The van der Waals surface area contributed by atoms with E-state index in [9.17, 15) is 4.79 Å². The summed E-state index contributed by atoms with van der Waals surface area (Å²) in [6.07, 6.45) is 3.48. The third-order valence-corrected chi connectivity index (χ3v) is 4.83. The third kappa shape index (κ3) is 3.58. The van der Waals surface area contributed by atoms with E-state index in [-0.39, 0.29) is 12.1 Å². The fourth-order valence-electron chi connectivity index (χ4n) is 2.80. The number of amides is 1. The second-order valence-corrected chi connectivity index (χ2v) is 8.21. The van der Waals surface area contributed by atoms with Crippen LogP contribution in [0.5, 0.6) is 0 Å². The molecule has 0 spiro atoms. The minimum Gasteiger partial charge on any atom is -0.444 e. The van der Waals surface area contributed by atoms with E-state index < -0.39 is 5.60 Å². The Morgan fingerprint density at radius 1 is 1.43 bits per heavy atom. The van der Waals surface area contributed by atoms with Crippen molar-refractivity contribution >= 4 is 17.4 Å². The number of carbonyl (C=O) groups excluding carboxylic acids is 1. The zero-order valence-electron chi connectivity index (χ0n) is 14.0.